The first-order chi connectivity index (χ1) is 8.61. The largest absolute Gasteiger partial charge is 0.309 e. The minimum Gasteiger partial charge on any atom is -0.309 e. The summed E-state index contributed by atoms with van der Waals surface area (Å²) >= 11 is 6.57. The van der Waals surface area contributed by atoms with E-state index >= 15 is 0 Å². The standard InChI is InChI=1S/C14H12Br2FN/c1-18-14(9-2-5-11(15)6-3-9)10-4-7-12(16)13(17)8-10/h2-8,14,18H,1H3. The van der Waals surface area contributed by atoms with Crippen LogP contribution in [-0.4, -0.2) is 7.05 Å². The molecule has 1 nitrogen and oxygen atoms in total. The molecular formula is C14H12Br2FN. The Morgan fingerprint density at radius 1 is 1.00 bits per heavy atom. The highest BCUT2D eigenvalue weighted by atomic mass is 79.9. The Morgan fingerprint density at radius 3 is 2.17 bits per heavy atom. The van der Waals surface area contributed by atoms with Crippen molar-refractivity contribution in [1.29, 1.82) is 0 Å². The molecule has 0 saturated heterocycles. The van der Waals surface area contributed by atoms with E-state index in [4.69, 9.17) is 0 Å². The van der Waals surface area contributed by atoms with Crippen molar-refractivity contribution in [2.75, 3.05) is 7.05 Å². The predicted octanol–water partition coefficient (Wildman–Crippen LogP) is 4.66. The van der Waals surface area contributed by atoms with E-state index in [1.54, 1.807) is 12.1 Å². The summed E-state index contributed by atoms with van der Waals surface area (Å²) in [6.07, 6.45) is 0. The first-order valence-corrected chi connectivity index (χ1v) is 7.08. The fourth-order valence-corrected chi connectivity index (χ4v) is 2.38. The molecule has 2 aromatic carbocycles. The molecule has 0 bridgehead atoms. The quantitative estimate of drug-likeness (QED) is 0.826. The summed E-state index contributed by atoms with van der Waals surface area (Å²) in [4.78, 5) is 0. The molecule has 1 unspecified atom stereocenters. The zero-order valence-corrected chi connectivity index (χ0v) is 12.9. The van der Waals surface area contributed by atoms with Crippen molar-refractivity contribution in [2.45, 2.75) is 6.04 Å². The van der Waals surface area contributed by atoms with Crippen molar-refractivity contribution in [2.24, 2.45) is 0 Å². The summed E-state index contributed by atoms with van der Waals surface area (Å²) in [5, 5.41) is 3.20. The van der Waals surface area contributed by atoms with Crippen molar-refractivity contribution in [3.8, 4) is 0 Å². The maximum Gasteiger partial charge on any atom is 0.137 e. The maximum absolute atomic E-state index is 13.6. The van der Waals surface area contributed by atoms with Crippen LogP contribution in [0, 0.1) is 5.82 Å². The van der Waals surface area contributed by atoms with E-state index in [9.17, 15) is 4.39 Å². The van der Waals surface area contributed by atoms with Crippen molar-refractivity contribution in [1.82, 2.24) is 5.32 Å². The van der Waals surface area contributed by atoms with E-state index in [-0.39, 0.29) is 11.9 Å². The molecule has 1 atom stereocenters. The van der Waals surface area contributed by atoms with Crippen LogP contribution >= 0.6 is 31.9 Å². The van der Waals surface area contributed by atoms with Gasteiger partial charge in [-0.15, -0.1) is 0 Å². The van der Waals surface area contributed by atoms with Gasteiger partial charge in [-0.2, -0.15) is 0 Å². The summed E-state index contributed by atoms with van der Waals surface area (Å²) in [5.74, 6) is -0.245. The Kier molecular flexibility index (Phi) is 4.54. The Hall–Kier alpha value is -0.710. The molecule has 0 aliphatic carbocycles. The Bertz CT molecular complexity index is 540. The fraction of sp³-hybridized carbons (Fsp3) is 0.143. The Balaban J connectivity index is 2.38. The second-order valence-corrected chi connectivity index (χ2v) is 5.72. The monoisotopic (exact) mass is 371 g/mol. The zero-order chi connectivity index (χ0) is 13.1. The van der Waals surface area contributed by atoms with Crippen LogP contribution in [-0.2, 0) is 0 Å². The van der Waals surface area contributed by atoms with Gasteiger partial charge in [-0.25, -0.2) is 4.39 Å². The highest BCUT2D eigenvalue weighted by molar-refractivity contribution is 9.10. The molecule has 18 heavy (non-hydrogen) atoms. The van der Waals surface area contributed by atoms with E-state index in [0.717, 1.165) is 15.6 Å². The van der Waals surface area contributed by atoms with Gasteiger partial charge in [-0.3, -0.25) is 0 Å². The van der Waals surface area contributed by atoms with E-state index in [0.29, 0.717) is 4.47 Å². The summed E-state index contributed by atoms with van der Waals surface area (Å²) in [5.41, 5.74) is 2.00. The molecule has 2 rings (SSSR count). The van der Waals surface area contributed by atoms with Gasteiger partial charge in [0.15, 0.2) is 0 Å². The molecule has 0 radical (unpaired) electrons. The third kappa shape index (κ3) is 2.99. The molecular weight excluding hydrogens is 361 g/mol. The van der Waals surface area contributed by atoms with Gasteiger partial charge in [0.25, 0.3) is 0 Å². The molecule has 0 amide bonds. The van der Waals surface area contributed by atoms with Crippen LogP contribution in [0.3, 0.4) is 0 Å². The molecule has 0 aromatic heterocycles. The Labute approximate surface area is 123 Å². The number of nitrogens with one attached hydrogen (secondary N) is 1. The minimum absolute atomic E-state index is 0.0132. The van der Waals surface area contributed by atoms with E-state index in [2.05, 4.69) is 37.2 Å². The van der Waals surface area contributed by atoms with Crippen LogP contribution in [0.15, 0.2) is 51.4 Å². The van der Waals surface area contributed by atoms with Gasteiger partial charge in [0.05, 0.1) is 10.5 Å². The lowest BCUT2D eigenvalue weighted by molar-refractivity contribution is 0.610. The van der Waals surface area contributed by atoms with Gasteiger partial charge < -0.3 is 5.32 Å². The molecule has 0 fully saturated rings. The first-order valence-electron chi connectivity index (χ1n) is 5.49. The molecule has 1 N–H and O–H groups in total. The van der Waals surface area contributed by atoms with Crippen LogP contribution in [0.25, 0.3) is 0 Å². The van der Waals surface area contributed by atoms with Gasteiger partial charge in [0.2, 0.25) is 0 Å². The van der Waals surface area contributed by atoms with Crippen molar-refractivity contribution < 1.29 is 4.39 Å². The van der Waals surface area contributed by atoms with E-state index < -0.39 is 0 Å². The van der Waals surface area contributed by atoms with Gasteiger partial charge in [0.1, 0.15) is 5.82 Å². The lowest BCUT2D eigenvalue weighted by Gasteiger charge is -2.17. The number of halogens is 3. The van der Waals surface area contributed by atoms with Gasteiger partial charge in [-0.05, 0) is 58.4 Å². The van der Waals surface area contributed by atoms with E-state index in [1.165, 1.54) is 0 Å². The summed E-state index contributed by atoms with van der Waals surface area (Å²) in [7, 11) is 1.87. The molecule has 0 spiro atoms. The molecule has 0 heterocycles. The normalized spacial score (nSPS) is 12.4. The molecule has 4 heteroatoms. The number of benzene rings is 2. The van der Waals surface area contributed by atoms with E-state index in [1.807, 2.05) is 37.4 Å². The molecule has 0 aliphatic rings. The van der Waals surface area contributed by atoms with Gasteiger partial charge in [-0.1, -0.05) is 34.1 Å². The topological polar surface area (TPSA) is 12.0 Å². The second-order valence-electron chi connectivity index (χ2n) is 3.95. The summed E-state index contributed by atoms with van der Waals surface area (Å²) < 4.78 is 15.1. The molecule has 94 valence electrons. The zero-order valence-electron chi connectivity index (χ0n) is 9.75. The smallest absolute Gasteiger partial charge is 0.137 e. The first kappa shape index (κ1) is 13.7. The predicted molar refractivity (Wildman–Crippen MR) is 79.1 cm³/mol. The molecule has 0 aliphatic heterocycles. The lowest BCUT2D eigenvalue weighted by atomic mass is 9.99. The average Bonchev–Trinajstić information content (AvgIpc) is 2.37. The van der Waals surface area contributed by atoms with Crippen molar-refractivity contribution in [3.63, 3.8) is 0 Å². The third-order valence-electron chi connectivity index (χ3n) is 2.77. The van der Waals surface area contributed by atoms with Crippen LogP contribution in [0.4, 0.5) is 4.39 Å². The summed E-state index contributed by atoms with van der Waals surface area (Å²) in [6, 6.07) is 13.2. The van der Waals surface area contributed by atoms with Crippen LogP contribution < -0.4 is 5.32 Å². The minimum atomic E-state index is -0.245. The maximum atomic E-state index is 13.6. The number of hydrogen-bond acceptors (Lipinski definition) is 1. The SMILES string of the molecule is CNC(c1ccc(Br)cc1)c1ccc(Br)c(F)c1. The summed E-state index contributed by atoms with van der Waals surface area (Å²) in [6.45, 7) is 0. The molecule has 0 saturated carbocycles. The van der Waals surface area contributed by atoms with Gasteiger partial charge in [0, 0.05) is 4.47 Å². The van der Waals surface area contributed by atoms with Crippen LogP contribution in [0.2, 0.25) is 0 Å². The highest BCUT2D eigenvalue weighted by Gasteiger charge is 2.13. The highest BCUT2D eigenvalue weighted by Crippen LogP contribution is 2.26. The third-order valence-corrected chi connectivity index (χ3v) is 3.94. The fourth-order valence-electron chi connectivity index (χ4n) is 1.87. The van der Waals surface area contributed by atoms with Crippen molar-refractivity contribution in [3.05, 3.63) is 68.4 Å². The second kappa shape index (κ2) is 5.95. The van der Waals surface area contributed by atoms with Crippen molar-refractivity contribution >= 4 is 31.9 Å². The lowest BCUT2D eigenvalue weighted by Crippen LogP contribution is -2.17. The Morgan fingerprint density at radius 2 is 1.61 bits per heavy atom. The number of rotatable bonds is 3. The van der Waals surface area contributed by atoms with Gasteiger partial charge >= 0.3 is 0 Å². The number of hydrogen-bond donors (Lipinski definition) is 1. The molecule has 2 aromatic rings. The van der Waals surface area contributed by atoms with Crippen LogP contribution in [0.1, 0.15) is 17.2 Å². The average molecular weight is 373 g/mol. The van der Waals surface area contributed by atoms with Crippen LogP contribution in [0.5, 0.6) is 0 Å².